The number of rotatable bonds is 7. The number of halogens is 2. The molecule has 0 aliphatic heterocycles. The van der Waals surface area contributed by atoms with Gasteiger partial charge < -0.3 is 10.1 Å². The topological polar surface area (TPSA) is 34.2 Å². The number of alkyl halides is 2. The monoisotopic (exact) mass is 292 g/mol. The van der Waals surface area contributed by atoms with Crippen LogP contribution in [0.4, 0.5) is 8.78 Å². The molecule has 21 heavy (non-hydrogen) atoms. The zero-order valence-corrected chi connectivity index (χ0v) is 11.8. The first-order chi connectivity index (χ1) is 10.2. The Morgan fingerprint density at radius 1 is 1.14 bits per heavy atom. The van der Waals surface area contributed by atoms with Crippen LogP contribution in [0.15, 0.2) is 48.7 Å². The quantitative estimate of drug-likeness (QED) is 0.847. The lowest BCUT2D eigenvalue weighted by atomic mass is 10.0. The van der Waals surface area contributed by atoms with Gasteiger partial charge in [-0.25, -0.2) is 0 Å². The number of hydrogen-bond acceptors (Lipinski definition) is 3. The standard InChI is InChI=1S/C16H18F2N2O/c1-2-19-15(11-13-5-3-4-10-20-13)12-6-8-14(9-7-12)21-16(17)18/h3-10,15-16,19H,2,11H2,1H3. The van der Waals surface area contributed by atoms with E-state index in [1.807, 2.05) is 25.1 Å². The van der Waals surface area contributed by atoms with Crippen molar-refractivity contribution in [3.8, 4) is 5.75 Å². The molecule has 1 N–H and O–H groups in total. The number of hydrogen-bond donors (Lipinski definition) is 1. The van der Waals surface area contributed by atoms with Crippen molar-refractivity contribution in [2.45, 2.75) is 26.0 Å². The van der Waals surface area contributed by atoms with Crippen LogP contribution in [0, 0.1) is 0 Å². The summed E-state index contributed by atoms with van der Waals surface area (Å²) >= 11 is 0. The molecule has 0 aliphatic rings. The van der Waals surface area contributed by atoms with Crippen LogP contribution >= 0.6 is 0 Å². The molecule has 0 radical (unpaired) electrons. The average molecular weight is 292 g/mol. The van der Waals surface area contributed by atoms with Crippen LogP contribution in [0.1, 0.15) is 24.2 Å². The Labute approximate surface area is 123 Å². The minimum atomic E-state index is -2.80. The van der Waals surface area contributed by atoms with Gasteiger partial charge in [-0.3, -0.25) is 4.98 Å². The fourth-order valence-corrected chi connectivity index (χ4v) is 2.16. The van der Waals surface area contributed by atoms with E-state index in [0.717, 1.165) is 24.2 Å². The van der Waals surface area contributed by atoms with E-state index in [4.69, 9.17) is 0 Å². The van der Waals surface area contributed by atoms with Gasteiger partial charge in [-0.15, -0.1) is 0 Å². The number of benzene rings is 1. The summed E-state index contributed by atoms with van der Waals surface area (Å²) in [6.07, 6.45) is 2.50. The summed E-state index contributed by atoms with van der Waals surface area (Å²) in [7, 11) is 0. The van der Waals surface area contributed by atoms with E-state index in [2.05, 4.69) is 15.0 Å². The molecular weight excluding hydrogens is 274 g/mol. The largest absolute Gasteiger partial charge is 0.435 e. The second kappa shape index (κ2) is 7.69. The smallest absolute Gasteiger partial charge is 0.387 e. The van der Waals surface area contributed by atoms with Crippen molar-refractivity contribution >= 4 is 0 Å². The Hall–Kier alpha value is -2.01. The predicted molar refractivity (Wildman–Crippen MR) is 77.4 cm³/mol. The van der Waals surface area contributed by atoms with Gasteiger partial charge in [-0.05, 0) is 36.4 Å². The zero-order valence-electron chi connectivity index (χ0n) is 11.8. The van der Waals surface area contributed by atoms with E-state index in [1.165, 1.54) is 0 Å². The maximum atomic E-state index is 12.1. The maximum absolute atomic E-state index is 12.1. The minimum Gasteiger partial charge on any atom is -0.435 e. The number of ether oxygens (including phenoxy) is 1. The van der Waals surface area contributed by atoms with E-state index >= 15 is 0 Å². The van der Waals surface area contributed by atoms with Crippen LogP contribution < -0.4 is 10.1 Å². The summed E-state index contributed by atoms with van der Waals surface area (Å²) in [6, 6.07) is 12.6. The average Bonchev–Trinajstić information content (AvgIpc) is 2.48. The molecule has 1 heterocycles. The van der Waals surface area contributed by atoms with Gasteiger partial charge >= 0.3 is 6.61 Å². The van der Waals surface area contributed by atoms with Gasteiger partial charge in [0.05, 0.1) is 0 Å². The third-order valence-electron chi connectivity index (χ3n) is 3.10. The number of likely N-dealkylation sites (N-methyl/N-ethyl adjacent to an activating group) is 1. The minimum absolute atomic E-state index is 0.0884. The van der Waals surface area contributed by atoms with Crippen LogP contribution in [-0.4, -0.2) is 18.1 Å². The molecule has 0 saturated carbocycles. The first-order valence-electron chi connectivity index (χ1n) is 6.87. The van der Waals surface area contributed by atoms with Gasteiger partial charge in [0.15, 0.2) is 0 Å². The van der Waals surface area contributed by atoms with Gasteiger partial charge in [0.25, 0.3) is 0 Å². The highest BCUT2D eigenvalue weighted by Crippen LogP contribution is 2.21. The van der Waals surface area contributed by atoms with Gasteiger partial charge in [0, 0.05) is 24.4 Å². The van der Waals surface area contributed by atoms with Crippen LogP contribution in [-0.2, 0) is 6.42 Å². The Bertz CT molecular complexity index is 532. The first-order valence-corrected chi connectivity index (χ1v) is 6.87. The molecule has 1 unspecified atom stereocenters. The van der Waals surface area contributed by atoms with E-state index in [0.29, 0.717) is 0 Å². The first kappa shape index (κ1) is 15.4. The lowest BCUT2D eigenvalue weighted by Crippen LogP contribution is -2.23. The summed E-state index contributed by atoms with van der Waals surface area (Å²) < 4.78 is 28.7. The lowest BCUT2D eigenvalue weighted by Gasteiger charge is -2.18. The van der Waals surface area contributed by atoms with E-state index < -0.39 is 6.61 Å². The number of aromatic nitrogens is 1. The lowest BCUT2D eigenvalue weighted by molar-refractivity contribution is -0.0498. The number of nitrogens with one attached hydrogen (secondary N) is 1. The summed E-state index contributed by atoms with van der Waals surface area (Å²) in [5.74, 6) is 0.168. The van der Waals surface area contributed by atoms with Gasteiger partial charge in [0.1, 0.15) is 5.75 Å². The molecule has 0 saturated heterocycles. The van der Waals surface area contributed by atoms with Gasteiger partial charge in [-0.1, -0.05) is 25.1 Å². The molecule has 112 valence electrons. The van der Waals surface area contributed by atoms with Crippen molar-refractivity contribution in [1.29, 1.82) is 0 Å². The fraction of sp³-hybridized carbons (Fsp3) is 0.312. The highest BCUT2D eigenvalue weighted by atomic mass is 19.3. The third-order valence-corrected chi connectivity index (χ3v) is 3.10. The molecule has 0 bridgehead atoms. The molecule has 5 heteroatoms. The van der Waals surface area contributed by atoms with Crippen molar-refractivity contribution in [2.24, 2.45) is 0 Å². The highest BCUT2D eigenvalue weighted by molar-refractivity contribution is 5.30. The molecule has 0 aliphatic carbocycles. The van der Waals surface area contributed by atoms with Crippen LogP contribution in [0.25, 0.3) is 0 Å². The Kier molecular flexibility index (Phi) is 5.63. The normalized spacial score (nSPS) is 12.4. The molecule has 2 rings (SSSR count). The van der Waals surface area contributed by atoms with Crippen molar-refractivity contribution in [3.63, 3.8) is 0 Å². The molecule has 1 aromatic heterocycles. The summed E-state index contributed by atoms with van der Waals surface area (Å²) in [5, 5.41) is 3.38. The highest BCUT2D eigenvalue weighted by Gasteiger charge is 2.12. The SMILES string of the molecule is CCNC(Cc1ccccn1)c1ccc(OC(F)F)cc1. The number of nitrogens with zero attached hydrogens (tertiary/aromatic N) is 1. The zero-order chi connectivity index (χ0) is 15.1. The molecule has 0 spiro atoms. The number of pyridine rings is 1. The molecular formula is C16H18F2N2O. The van der Waals surface area contributed by atoms with Crippen LogP contribution in [0.2, 0.25) is 0 Å². The second-order valence-electron chi connectivity index (χ2n) is 4.58. The van der Waals surface area contributed by atoms with Gasteiger partial charge in [0.2, 0.25) is 0 Å². The summed E-state index contributed by atoms with van der Waals surface area (Å²) in [5.41, 5.74) is 2.00. The van der Waals surface area contributed by atoms with Crippen LogP contribution in [0.5, 0.6) is 5.75 Å². The predicted octanol–water partition coefficient (Wildman–Crippen LogP) is 3.58. The van der Waals surface area contributed by atoms with E-state index in [1.54, 1.807) is 30.5 Å². The molecule has 3 nitrogen and oxygen atoms in total. The summed E-state index contributed by atoms with van der Waals surface area (Å²) in [6.45, 7) is 0.0425. The maximum Gasteiger partial charge on any atom is 0.387 e. The Morgan fingerprint density at radius 3 is 2.48 bits per heavy atom. The molecule has 1 aromatic carbocycles. The third kappa shape index (κ3) is 4.79. The summed E-state index contributed by atoms with van der Waals surface area (Å²) in [4.78, 5) is 4.32. The molecule has 1 atom stereocenters. The Balaban J connectivity index is 2.10. The van der Waals surface area contributed by atoms with E-state index in [-0.39, 0.29) is 11.8 Å². The van der Waals surface area contributed by atoms with Crippen molar-refractivity contribution < 1.29 is 13.5 Å². The fourth-order valence-electron chi connectivity index (χ4n) is 2.16. The van der Waals surface area contributed by atoms with Crippen molar-refractivity contribution in [2.75, 3.05) is 6.54 Å². The Morgan fingerprint density at radius 2 is 1.90 bits per heavy atom. The molecule has 0 fully saturated rings. The van der Waals surface area contributed by atoms with Crippen molar-refractivity contribution in [3.05, 3.63) is 59.9 Å². The van der Waals surface area contributed by atoms with Crippen LogP contribution in [0.3, 0.4) is 0 Å². The van der Waals surface area contributed by atoms with E-state index in [9.17, 15) is 8.78 Å². The second-order valence-corrected chi connectivity index (χ2v) is 4.58. The molecule has 2 aromatic rings. The van der Waals surface area contributed by atoms with Gasteiger partial charge in [-0.2, -0.15) is 8.78 Å². The van der Waals surface area contributed by atoms with Crippen molar-refractivity contribution in [1.82, 2.24) is 10.3 Å². The molecule has 0 amide bonds.